The molecule has 0 aromatic carbocycles. The molecule has 1 aliphatic heterocycles. The summed E-state index contributed by atoms with van der Waals surface area (Å²) < 4.78 is 27.4. The van der Waals surface area contributed by atoms with Gasteiger partial charge in [-0.05, 0) is 36.6 Å². The monoisotopic (exact) mass is 345 g/mol. The molecule has 1 aliphatic rings. The van der Waals surface area contributed by atoms with Crippen molar-refractivity contribution in [1.82, 2.24) is 14.3 Å². The maximum absolute atomic E-state index is 13.0. The first-order chi connectivity index (χ1) is 11.5. The molecule has 0 bridgehead atoms. The topological polar surface area (TPSA) is 113 Å². The lowest BCUT2D eigenvalue weighted by Crippen LogP contribution is -2.42. The van der Waals surface area contributed by atoms with Crippen LogP contribution in [0.1, 0.15) is 36.4 Å². The molecule has 0 amide bonds. The average molecular weight is 345 g/mol. The van der Waals surface area contributed by atoms with Gasteiger partial charge in [-0.2, -0.15) is 4.31 Å². The van der Waals surface area contributed by atoms with Gasteiger partial charge in [-0.15, -0.1) is 0 Å². The highest BCUT2D eigenvalue weighted by Crippen LogP contribution is 2.34. The number of hydrogen-bond donors (Lipinski definition) is 2. The largest absolute Gasteiger partial charge is 0.383 e. The number of nitrogen functional groups attached to an aromatic ring is 1. The molecule has 1 fully saturated rings. The Morgan fingerprint density at radius 1 is 1.25 bits per heavy atom. The van der Waals surface area contributed by atoms with E-state index < -0.39 is 15.1 Å². The van der Waals surface area contributed by atoms with Crippen molar-refractivity contribution >= 4 is 20.9 Å². The highest BCUT2D eigenvalue weighted by Gasteiger charge is 2.37. The molecule has 7 nitrogen and oxygen atoms in total. The highest BCUT2D eigenvalue weighted by molar-refractivity contribution is 8.04. The van der Waals surface area contributed by atoms with Crippen molar-refractivity contribution in [2.24, 2.45) is 0 Å². The number of nitrogens with one attached hydrogen (secondary N) is 1. The molecule has 1 saturated heterocycles. The van der Waals surface area contributed by atoms with Gasteiger partial charge in [0.1, 0.15) is 5.82 Å². The number of anilines is 1. The fourth-order valence-electron chi connectivity index (χ4n) is 2.96. The number of nitrogens with zero attached hydrogens (tertiary/aromatic N) is 3. The van der Waals surface area contributed by atoms with Crippen molar-refractivity contribution in [2.75, 3.05) is 12.3 Å². The van der Waals surface area contributed by atoms with Gasteiger partial charge in [-0.1, -0.05) is 12.5 Å². The molecule has 24 heavy (non-hydrogen) atoms. The van der Waals surface area contributed by atoms with E-state index in [1.54, 1.807) is 24.5 Å². The van der Waals surface area contributed by atoms with Crippen LogP contribution in [0.3, 0.4) is 0 Å². The molecule has 1 unspecified atom stereocenters. The second-order valence-electron chi connectivity index (χ2n) is 5.68. The summed E-state index contributed by atoms with van der Waals surface area (Å²) in [5.74, 6) is 0.0426. The van der Waals surface area contributed by atoms with E-state index in [1.165, 1.54) is 16.6 Å². The molecular weight excluding hydrogens is 326 g/mol. The zero-order valence-electron chi connectivity index (χ0n) is 13.1. The zero-order chi connectivity index (χ0) is 17.2. The molecular formula is C16H19N5O2S. The molecule has 3 N–H and O–H groups in total. The van der Waals surface area contributed by atoms with Crippen LogP contribution < -0.4 is 5.73 Å². The molecule has 2 aromatic heterocycles. The van der Waals surface area contributed by atoms with E-state index >= 15 is 0 Å². The Kier molecular flexibility index (Phi) is 4.59. The van der Waals surface area contributed by atoms with Crippen LogP contribution in [0.5, 0.6) is 0 Å². The fraction of sp³-hybridized carbons (Fsp3) is 0.312. The molecule has 3 rings (SSSR count). The third-order valence-electron chi connectivity index (χ3n) is 4.17. The molecule has 126 valence electrons. The van der Waals surface area contributed by atoms with E-state index in [2.05, 4.69) is 9.97 Å². The van der Waals surface area contributed by atoms with E-state index in [4.69, 9.17) is 11.1 Å². The number of rotatable bonds is 3. The molecule has 3 heterocycles. The lowest BCUT2D eigenvalue weighted by atomic mass is 9.99. The zero-order valence-corrected chi connectivity index (χ0v) is 13.9. The molecule has 0 saturated carbocycles. The van der Waals surface area contributed by atoms with E-state index in [1.807, 2.05) is 6.07 Å². The summed E-state index contributed by atoms with van der Waals surface area (Å²) in [5.41, 5.74) is 6.72. The van der Waals surface area contributed by atoms with Gasteiger partial charge in [0.25, 0.3) is 10.0 Å². The lowest BCUT2D eigenvalue weighted by Gasteiger charge is -2.34. The Bertz CT molecular complexity index is 839. The summed E-state index contributed by atoms with van der Waals surface area (Å²) in [6.45, 7) is 0.379. The average Bonchev–Trinajstić information content (AvgIpc) is 2.62. The minimum absolute atomic E-state index is 0.0426. The molecule has 0 radical (unpaired) electrons. The summed E-state index contributed by atoms with van der Waals surface area (Å²) in [6.07, 6.45) is 7.22. The van der Waals surface area contributed by atoms with Gasteiger partial charge in [0, 0.05) is 25.1 Å². The second kappa shape index (κ2) is 6.66. The summed E-state index contributed by atoms with van der Waals surface area (Å²) in [6, 6.07) is 6.43. The van der Waals surface area contributed by atoms with Crippen LogP contribution in [0.2, 0.25) is 0 Å². The van der Waals surface area contributed by atoms with Crippen LogP contribution in [-0.2, 0) is 10.0 Å². The number of sulfonamides is 1. The quantitative estimate of drug-likeness (QED) is 0.652. The van der Waals surface area contributed by atoms with Crippen molar-refractivity contribution in [2.45, 2.75) is 25.3 Å². The Balaban J connectivity index is 1.98. The molecule has 0 aliphatic carbocycles. The Morgan fingerprint density at radius 2 is 2.04 bits per heavy atom. The normalized spacial score (nSPS) is 19.1. The van der Waals surface area contributed by atoms with Gasteiger partial charge in [-0.3, -0.25) is 10.4 Å². The Labute approximate surface area is 141 Å². The maximum Gasteiger partial charge on any atom is 0.261 e. The van der Waals surface area contributed by atoms with Crippen LogP contribution >= 0.6 is 0 Å². The van der Waals surface area contributed by atoms with Gasteiger partial charge in [0.05, 0.1) is 11.6 Å². The van der Waals surface area contributed by atoms with E-state index in [9.17, 15) is 8.42 Å². The minimum Gasteiger partial charge on any atom is -0.383 e. The van der Waals surface area contributed by atoms with Crippen molar-refractivity contribution in [3.05, 3.63) is 54.0 Å². The van der Waals surface area contributed by atoms with Crippen molar-refractivity contribution < 1.29 is 8.42 Å². The second-order valence-corrected chi connectivity index (χ2v) is 7.51. The number of aromatic nitrogens is 2. The highest BCUT2D eigenvalue weighted by atomic mass is 32.2. The maximum atomic E-state index is 13.0. The summed E-state index contributed by atoms with van der Waals surface area (Å²) in [5, 5.41) is 7.69. The summed E-state index contributed by atoms with van der Waals surface area (Å²) >= 11 is 0. The third-order valence-corrected chi connectivity index (χ3v) is 5.96. The first-order valence-electron chi connectivity index (χ1n) is 7.73. The van der Waals surface area contributed by atoms with Crippen LogP contribution in [0, 0.1) is 5.41 Å². The number of nitrogens with two attached hydrogens (primary N) is 1. The summed E-state index contributed by atoms with van der Waals surface area (Å²) in [4.78, 5) is 7.97. The smallest absolute Gasteiger partial charge is 0.261 e. The van der Waals surface area contributed by atoms with E-state index in [0.29, 0.717) is 13.0 Å². The first kappa shape index (κ1) is 16.5. The fourth-order valence-corrected chi connectivity index (χ4v) is 4.58. The van der Waals surface area contributed by atoms with Crippen molar-refractivity contribution in [1.29, 1.82) is 5.41 Å². The van der Waals surface area contributed by atoms with Gasteiger partial charge in [0.15, 0.2) is 5.04 Å². The Morgan fingerprint density at radius 3 is 2.75 bits per heavy atom. The number of piperidine rings is 1. The minimum atomic E-state index is -3.97. The lowest BCUT2D eigenvalue weighted by molar-refractivity contribution is 0.259. The molecule has 1 atom stereocenters. The van der Waals surface area contributed by atoms with Gasteiger partial charge in [0.2, 0.25) is 0 Å². The van der Waals surface area contributed by atoms with Crippen LogP contribution in [0.25, 0.3) is 0 Å². The van der Waals surface area contributed by atoms with Crippen LogP contribution in [0.15, 0.2) is 42.9 Å². The van der Waals surface area contributed by atoms with Crippen molar-refractivity contribution in [3.63, 3.8) is 0 Å². The van der Waals surface area contributed by atoms with E-state index in [-0.39, 0.29) is 17.4 Å². The van der Waals surface area contributed by atoms with Crippen LogP contribution in [0.4, 0.5) is 5.82 Å². The molecule has 0 spiro atoms. The standard InChI is InChI=1S/C16H19N5O2S/c17-15-13(6-4-9-20-15)16(18)24(22,23)21-10-2-1-7-14(21)12-5-3-8-19-11-12/h3-6,8-9,11,14,18H,1-2,7,10H2,(H2,17,20). The van der Waals surface area contributed by atoms with Gasteiger partial charge < -0.3 is 5.73 Å². The molecule has 8 heteroatoms. The summed E-state index contributed by atoms with van der Waals surface area (Å²) in [7, 11) is -3.97. The van der Waals surface area contributed by atoms with Gasteiger partial charge >= 0.3 is 0 Å². The SMILES string of the molecule is N=C(c1cccnc1N)S(=O)(=O)N1CCCCC1c1cccnc1. The van der Waals surface area contributed by atoms with Gasteiger partial charge in [-0.25, -0.2) is 13.4 Å². The van der Waals surface area contributed by atoms with Crippen molar-refractivity contribution in [3.8, 4) is 0 Å². The predicted molar refractivity (Wildman–Crippen MR) is 91.9 cm³/mol. The number of pyridine rings is 2. The first-order valence-corrected chi connectivity index (χ1v) is 9.17. The van der Waals surface area contributed by atoms with E-state index in [0.717, 1.165) is 18.4 Å². The Hall–Kier alpha value is -2.32. The third kappa shape index (κ3) is 3.02. The predicted octanol–water partition coefficient (Wildman–Crippen LogP) is 1.94. The molecule has 2 aromatic rings. The van der Waals surface area contributed by atoms with Crippen LogP contribution in [-0.4, -0.2) is 34.3 Å². The number of hydrogen-bond acceptors (Lipinski definition) is 6.